The van der Waals surface area contributed by atoms with Gasteiger partial charge in [-0.25, -0.2) is 4.79 Å². The number of nitrogens with one attached hydrogen (secondary N) is 3. The second-order valence-corrected chi connectivity index (χ2v) is 7.21. The fourth-order valence-corrected chi connectivity index (χ4v) is 3.49. The minimum Gasteiger partial charge on any atom is -0.491 e. The first-order chi connectivity index (χ1) is 14.4. The molecule has 2 aliphatic heterocycles. The average Bonchev–Trinajstić information content (AvgIpc) is 2.89. The topological polar surface area (TPSA) is 117 Å². The zero-order chi connectivity index (χ0) is 21.3. The monoisotopic (exact) mass is 408 g/mol. The third-order valence-corrected chi connectivity index (χ3v) is 5.10. The van der Waals surface area contributed by atoms with Crippen LogP contribution in [0.3, 0.4) is 0 Å². The lowest BCUT2D eigenvalue weighted by atomic mass is 9.92. The van der Waals surface area contributed by atoms with Crippen LogP contribution < -0.4 is 25.6 Å². The molecule has 2 aromatic rings. The van der Waals surface area contributed by atoms with Gasteiger partial charge in [0.05, 0.1) is 18.7 Å². The molecule has 2 aromatic carbocycles. The zero-order valence-corrected chi connectivity index (χ0v) is 16.2. The van der Waals surface area contributed by atoms with Crippen molar-refractivity contribution in [3.8, 4) is 5.75 Å². The van der Waals surface area contributed by atoms with Gasteiger partial charge in [0.1, 0.15) is 17.8 Å². The molecule has 1 saturated heterocycles. The Labute approximate surface area is 172 Å². The number of amides is 5. The maximum absolute atomic E-state index is 12.7. The van der Waals surface area contributed by atoms with Crippen LogP contribution in [0.4, 0.5) is 16.2 Å². The number of benzene rings is 2. The number of hydrogen-bond donors (Lipinski definition) is 3. The lowest BCUT2D eigenvalue weighted by Gasteiger charge is -2.23. The van der Waals surface area contributed by atoms with E-state index in [0.29, 0.717) is 22.7 Å². The lowest BCUT2D eigenvalue weighted by molar-refractivity contribution is -0.123. The molecule has 9 nitrogen and oxygen atoms in total. The minimum atomic E-state index is -1.23. The van der Waals surface area contributed by atoms with Gasteiger partial charge in [-0.3, -0.25) is 24.6 Å². The van der Waals surface area contributed by atoms with E-state index in [1.165, 1.54) is 4.90 Å². The molecule has 154 valence electrons. The number of para-hydroxylation sites is 2. The second kappa shape index (κ2) is 7.51. The SMILES string of the molecule is CC1(c2cccc(NC(=O)CN3C(=O)CCOc4ccccc43)c2)NC(=O)NC1=O. The number of carbonyl (C=O) groups is 4. The molecule has 0 aromatic heterocycles. The van der Waals surface area contributed by atoms with Crippen molar-refractivity contribution in [1.29, 1.82) is 0 Å². The van der Waals surface area contributed by atoms with Gasteiger partial charge in [-0.05, 0) is 36.8 Å². The molecule has 0 spiro atoms. The number of carbonyl (C=O) groups excluding carboxylic acids is 4. The summed E-state index contributed by atoms with van der Waals surface area (Å²) in [5.74, 6) is -0.527. The summed E-state index contributed by atoms with van der Waals surface area (Å²) in [4.78, 5) is 50.2. The third-order valence-electron chi connectivity index (χ3n) is 5.10. The van der Waals surface area contributed by atoms with Crippen molar-refractivity contribution < 1.29 is 23.9 Å². The van der Waals surface area contributed by atoms with Crippen LogP contribution in [0.25, 0.3) is 0 Å². The Bertz CT molecular complexity index is 1050. The van der Waals surface area contributed by atoms with Crippen molar-refractivity contribution in [2.45, 2.75) is 18.9 Å². The lowest BCUT2D eigenvalue weighted by Crippen LogP contribution is -2.40. The highest BCUT2D eigenvalue weighted by molar-refractivity contribution is 6.07. The van der Waals surface area contributed by atoms with E-state index >= 15 is 0 Å². The Hall–Kier alpha value is -3.88. The number of rotatable bonds is 4. The molecule has 30 heavy (non-hydrogen) atoms. The van der Waals surface area contributed by atoms with Gasteiger partial charge in [-0.1, -0.05) is 24.3 Å². The highest BCUT2D eigenvalue weighted by Gasteiger charge is 2.43. The summed E-state index contributed by atoms with van der Waals surface area (Å²) in [6.45, 7) is 1.65. The number of hydrogen-bond acceptors (Lipinski definition) is 5. The molecule has 4 rings (SSSR count). The Kier molecular flexibility index (Phi) is 4.86. The van der Waals surface area contributed by atoms with Crippen LogP contribution in [-0.4, -0.2) is 36.9 Å². The molecule has 1 unspecified atom stereocenters. The molecule has 2 heterocycles. The summed E-state index contributed by atoms with van der Waals surface area (Å²) in [5.41, 5.74) is 0.281. The van der Waals surface area contributed by atoms with Gasteiger partial charge in [-0.2, -0.15) is 0 Å². The van der Waals surface area contributed by atoms with E-state index in [1.807, 2.05) is 0 Å². The molecule has 0 bridgehead atoms. The second-order valence-electron chi connectivity index (χ2n) is 7.21. The predicted octanol–water partition coefficient (Wildman–Crippen LogP) is 1.50. The number of urea groups is 1. The zero-order valence-electron chi connectivity index (χ0n) is 16.2. The first-order valence-corrected chi connectivity index (χ1v) is 9.43. The average molecular weight is 408 g/mol. The van der Waals surface area contributed by atoms with Crippen LogP contribution in [0.1, 0.15) is 18.9 Å². The standard InChI is InChI=1S/C21H20N4O5/c1-21(19(28)23-20(29)24-21)13-5-4-6-14(11-13)22-17(26)12-25-15-7-2-3-8-16(15)30-10-9-18(25)27/h2-8,11H,9-10,12H2,1H3,(H,22,26)(H2,23,24,28,29). The molecule has 0 radical (unpaired) electrons. The van der Waals surface area contributed by atoms with Crippen LogP contribution >= 0.6 is 0 Å². The van der Waals surface area contributed by atoms with Crippen LogP contribution in [-0.2, 0) is 19.9 Å². The maximum Gasteiger partial charge on any atom is 0.322 e. The van der Waals surface area contributed by atoms with Crippen LogP contribution in [0.2, 0.25) is 0 Å². The van der Waals surface area contributed by atoms with E-state index in [9.17, 15) is 19.2 Å². The summed E-state index contributed by atoms with van der Waals surface area (Å²) < 4.78 is 5.58. The van der Waals surface area contributed by atoms with Crippen molar-refractivity contribution in [3.63, 3.8) is 0 Å². The Balaban J connectivity index is 1.52. The maximum atomic E-state index is 12.7. The normalized spacial score (nSPS) is 20.6. The summed E-state index contributed by atoms with van der Waals surface area (Å²) in [5, 5.41) is 7.55. The summed E-state index contributed by atoms with van der Waals surface area (Å²) in [7, 11) is 0. The largest absolute Gasteiger partial charge is 0.491 e. The summed E-state index contributed by atoms with van der Waals surface area (Å²) >= 11 is 0. The molecular formula is C21H20N4O5. The van der Waals surface area contributed by atoms with E-state index in [1.54, 1.807) is 55.5 Å². The van der Waals surface area contributed by atoms with Gasteiger partial charge in [0.2, 0.25) is 11.8 Å². The number of nitrogens with zero attached hydrogens (tertiary/aromatic N) is 1. The summed E-state index contributed by atoms with van der Waals surface area (Å²) in [6.07, 6.45) is 0.171. The smallest absolute Gasteiger partial charge is 0.322 e. The highest BCUT2D eigenvalue weighted by atomic mass is 16.5. The molecule has 2 aliphatic rings. The number of fused-ring (bicyclic) bond motifs is 1. The van der Waals surface area contributed by atoms with E-state index < -0.39 is 23.4 Å². The van der Waals surface area contributed by atoms with Crippen LogP contribution in [0.15, 0.2) is 48.5 Å². The van der Waals surface area contributed by atoms with Gasteiger partial charge >= 0.3 is 6.03 Å². The quantitative estimate of drug-likeness (QED) is 0.663. The van der Waals surface area contributed by atoms with Crippen molar-refractivity contribution in [3.05, 3.63) is 54.1 Å². The van der Waals surface area contributed by atoms with E-state index in [2.05, 4.69) is 16.0 Å². The molecule has 0 saturated carbocycles. The number of ether oxygens (including phenoxy) is 1. The van der Waals surface area contributed by atoms with Crippen molar-refractivity contribution >= 4 is 35.1 Å². The van der Waals surface area contributed by atoms with Crippen molar-refractivity contribution in [2.75, 3.05) is 23.4 Å². The highest BCUT2D eigenvalue weighted by Crippen LogP contribution is 2.31. The van der Waals surface area contributed by atoms with Gasteiger partial charge in [-0.15, -0.1) is 0 Å². The summed E-state index contributed by atoms with van der Waals surface area (Å²) in [6, 6.07) is 13.1. The molecule has 0 aliphatic carbocycles. The number of anilines is 2. The predicted molar refractivity (Wildman–Crippen MR) is 108 cm³/mol. The van der Waals surface area contributed by atoms with Gasteiger partial charge in [0, 0.05) is 5.69 Å². The van der Waals surface area contributed by atoms with Gasteiger partial charge in [0.15, 0.2) is 0 Å². The molecular weight excluding hydrogens is 388 g/mol. The first kappa shape index (κ1) is 19.4. The Morgan fingerprint density at radius 1 is 1.17 bits per heavy atom. The Morgan fingerprint density at radius 2 is 1.97 bits per heavy atom. The first-order valence-electron chi connectivity index (χ1n) is 9.43. The fraction of sp³-hybridized carbons (Fsp3) is 0.238. The van der Waals surface area contributed by atoms with Crippen LogP contribution in [0, 0.1) is 0 Å². The third kappa shape index (κ3) is 3.57. The number of imide groups is 1. The molecule has 5 amide bonds. The van der Waals surface area contributed by atoms with Gasteiger partial charge in [0.25, 0.3) is 5.91 Å². The minimum absolute atomic E-state index is 0.171. The van der Waals surface area contributed by atoms with Crippen molar-refractivity contribution in [1.82, 2.24) is 10.6 Å². The van der Waals surface area contributed by atoms with E-state index in [4.69, 9.17) is 4.74 Å². The molecule has 1 atom stereocenters. The van der Waals surface area contributed by atoms with Crippen molar-refractivity contribution in [2.24, 2.45) is 0 Å². The van der Waals surface area contributed by atoms with E-state index in [-0.39, 0.29) is 25.5 Å². The Morgan fingerprint density at radius 3 is 2.73 bits per heavy atom. The van der Waals surface area contributed by atoms with E-state index in [0.717, 1.165) is 0 Å². The van der Waals surface area contributed by atoms with Crippen LogP contribution in [0.5, 0.6) is 5.75 Å². The molecule has 9 heteroatoms. The molecule has 3 N–H and O–H groups in total. The molecule has 1 fully saturated rings. The van der Waals surface area contributed by atoms with Gasteiger partial charge < -0.3 is 15.4 Å². The fourth-order valence-electron chi connectivity index (χ4n) is 3.49.